The molecule has 21 heavy (non-hydrogen) atoms. The lowest BCUT2D eigenvalue weighted by atomic mass is 9.83. The molecule has 4 unspecified atom stereocenters. The van der Waals surface area contributed by atoms with E-state index < -0.39 is 0 Å². The highest BCUT2D eigenvalue weighted by molar-refractivity contribution is 5.39. The molecule has 2 aliphatic rings. The van der Waals surface area contributed by atoms with Crippen LogP contribution in [0.2, 0.25) is 0 Å². The zero-order valence-corrected chi connectivity index (χ0v) is 13.0. The van der Waals surface area contributed by atoms with Crippen molar-refractivity contribution in [3.05, 3.63) is 23.8 Å². The Hall–Kier alpha value is -1.26. The van der Waals surface area contributed by atoms with Gasteiger partial charge in [-0.05, 0) is 61.1 Å². The minimum Gasteiger partial charge on any atom is -0.497 e. The van der Waals surface area contributed by atoms with E-state index >= 15 is 0 Å². The Morgan fingerprint density at radius 1 is 1.14 bits per heavy atom. The molecule has 1 aromatic carbocycles. The van der Waals surface area contributed by atoms with E-state index in [2.05, 4.69) is 17.6 Å². The fourth-order valence-electron chi connectivity index (χ4n) is 4.30. The van der Waals surface area contributed by atoms with Gasteiger partial charge in [-0.3, -0.25) is 11.3 Å². The minimum atomic E-state index is 0.165. The quantitative estimate of drug-likeness (QED) is 0.624. The molecule has 2 fully saturated rings. The third-order valence-electron chi connectivity index (χ3n) is 5.40. The van der Waals surface area contributed by atoms with Crippen molar-refractivity contribution in [1.29, 1.82) is 0 Å². The summed E-state index contributed by atoms with van der Waals surface area (Å²) in [5, 5.41) is 0. The summed E-state index contributed by atoms with van der Waals surface area (Å²) in [6, 6.07) is 6.17. The molecule has 2 aliphatic carbocycles. The second-order valence-electron chi connectivity index (χ2n) is 6.54. The van der Waals surface area contributed by atoms with Gasteiger partial charge < -0.3 is 9.47 Å². The summed E-state index contributed by atoms with van der Waals surface area (Å²) in [6.45, 7) is 0. The number of nitrogens with one attached hydrogen (secondary N) is 1. The van der Waals surface area contributed by atoms with Crippen LogP contribution in [0.25, 0.3) is 0 Å². The molecule has 4 atom stereocenters. The molecule has 1 aromatic rings. The molecule has 4 heteroatoms. The highest BCUT2D eigenvalue weighted by Crippen LogP contribution is 2.51. The zero-order valence-electron chi connectivity index (χ0n) is 13.0. The fraction of sp³-hybridized carbons (Fsp3) is 0.647. The maximum Gasteiger partial charge on any atom is 0.122 e. The zero-order chi connectivity index (χ0) is 14.8. The van der Waals surface area contributed by atoms with Crippen LogP contribution in [0.4, 0.5) is 0 Å². The summed E-state index contributed by atoms with van der Waals surface area (Å²) in [7, 11) is 3.36. The topological polar surface area (TPSA) is 56.5 Å². The lowest BCUT2D eigenvalue weighted by molar-refractivity contribution is 0.279. The van der Waals surface area contributed by atoms with Crippen molar-refractivity contribution in [2.75, 3.05) is 14.2 Å². The molecule has 0 heterocycles. The molecule has 0 aromatic heterocycles. The van der Waals surface area contributed by atoms with Crippen LogP contribution in [0.5, 0.6) is 11.5 Å². The largest absolute Gasteiger partial charge is 0.497 e. The Bertz CT molecular complexity index is 469. The van der Waals surface area contributed by atoms with Crippen LogP contribution in [-0.2, 0) is 0 Å². The molecular weight excluding hydrogens is 264 g/mol. The van der Waals surface area contributed by atoms with Crippen LogP contribution in [-0.4, -0.2) is 14.2 Å². The number of hydrazine groups is 1. The number of benzene rings is 1. The molecule has 0 saturated heterocycles. The van der Waals surface area contributed by atoms with Gasteiger partial charge >= 0.3 is 0 Å². The highest BCUT2D eigenvalue weighted by atomic mass is 16.5. The van der Waals surface area contributed by atoms with Crippen molar-refractivity contribution in [2.45, 2.75) is 38.1 Å². The van der Waals surface area contributed by atoms with Crippen molar-refractivity contribution < 1.29 is 9.47 Å². The number of fused-ring (bicyclic) bond motifs is 2. The molecule has 0 spiro atoms. The van der Waals surface area contributed by atoms with E-state index in [0.717, 1.165) is 41.2 Å². The van der Waals surface area contributed by atoms with Crippen molar-refractivity contribution in [1.82, 2.24) is 5.43 Å². The first kappa shape index (κ1) is 14.7. The molecule has 3 rings (SSSR count). The van der Waals surface area contributed by atoms with Crippen LogP contribution >= 0.6 is 0 Å². The first-order valence-electron chi connectivity index (χ1n) is 7.92. The smallest absolute Gasteiger partial charge is 0.122 e. The SMILES string of the molecule is COc1cc(OC)cc(C(CC2CC3CCC2C3)NN)c1. The average molecular weight is 290 g/mol. The van der Waals surface area contributed by atoms with E-state index in [-0.39, 0.29) is 6.04 Å². The summed E-state index contributed by atoms with van der Waals surface area (Å²) in [6.07, 6.45) is 6.77. The Kier molecular flexibility index (Phi) is 4.36. The number of methoxy groups -OCH3 is 2. The van der Waals surface area contributed by atoms with Gasteiger partial charge in [0.05, 0.1) is 14.2 Å². The molecule has 0 aliphatic heterocycles. The van der Waals surface area contributed by atoms with E-state index in [1.165, 1.54) is 25.7 Å². The third kappa shape index (κ3) is 3.01. The molecule has 2 saturated carbocycles. The first-order chi connectivity index (χ1) is 10.2. The number of hydrogen-bond acceptors (Lipinski definition) is 4. The number of nitrogens with two attached hydrogens (primary N) is 1. The molecule has 116 valence electrons. The molecular formula is C17H26N2O2. The monoisotopic (exact) mass is 290 g/mol. The normalized spacial score (nSPS) is 28.6. The van der Waals surface area contributed by atoms with Crippen molar-refractivity contribution >= 4 is 0 Å². The van der Waals surface area contributed by atoms with Gasteiger partial charge in [-0.15, -0.1) is 0 Å². The van der Waals surface area contributed by atoms with Gasteiger partial charge in [0.15, 0.2) is 0 Å². The van der Waals surface area contributed by atoms with Gasteiger partial charge in [-0.1, -0.05) is 6.42 Å². The van der Waals surface area contributed by atoms with Gasteiger partial charge in [0.1, 0.15) is 11.5 Å². The molecule has 3 N–H and O–H groups in total. The van der Waals surface area contributed by atoms with Gasteiger partial charge in [0.2, 0.25) is 0 Å². The summed E-state index contributed by atoms with van der Waals surface area (Å²) in [5.41, 5.74) is 4.15. The van der Waals surface area contributed by atoms with Crippen molar-refractivity contribution in [2.24, 2.45) is 23.6 Å². The third-order valence-corrected chi connectivity index (χ3v) is 5.40. The van der Waals surface area contributed by atoms with Gasteiger partial charge in [-0.2, -0.15) is 0 Å². The van der Waals surface area contributed by atoms with E-state index in [1.807, 2.05) is 6.07 Å². The predicted molar refractivity (Wildman–Crippen MR) is 83.2 cm³/mol. The fourth-order valence-corrected chi connectivity index (χ4v) is 4.30. The Morgan fingerprint density at radius 3 is 2.33 bits per heavy atom. The molecule has 0 radical (unpaired) electrons. The van der Waals surface area contributed by atoms with Crippen LogP contribution in [0.1, 0.15) is 43.7 Å². The van der Waals surface area contributed by atoms with E-state index in [9.17, 15) is 0 Å². The Balaban J connectivity index is 1.76. The number of hydrogen-bond donors (Lipinski definition) is 2. The van der Waals surface area contributed by atoms with E-state index in [0.29, 0.717) is 0 Å². The minimum absolute atomic E-state index is 0.165. The van der Waals surface area contributed by atoms with E-state index in [1.54, 1.807) is 14.2 Å². The maximum atomic E-state index is 5.83. The summed E-state index contributed by atoms with van der Waals surface area (Å²) in [5.74, 6) is 10.2. The second-order valence-corrected chi connectivity index (χ2v) is 6.54. The molecule has 0 amide bonds. The molecule has 2 bridgehead atoms. The van der Waals surface area contributed by atoms with Gasteiger partial charge in [0, 0.05) is 12.1 Å². The van der Waals surface area contributed by atoms with Crippen LogP contribution < -0.4 is 20.7 Å². The number of ether oxygens (including phenoxy) is 2. The Morgan fingerprint density at radius 2 is 1.86 bits per heavy atom. The molecule has 4 nitrogen and oxygen atoms in total. The summed E-state index contributed by atoms with van der Waals surface area (Å²) >= 11 is 0. The highest BCUT2D eigenvalue weighted by Gasteiger charge is 2.40. The maximum absolute atomic E-state index is 5.83. The summed E-state index contributed by atoms with van der Waals surface area (Å²) in [4.78, 5) is 0. The Labute approximate surface area is 127 Å². The van der Waals surface area contributed by atoms with Crippen LogP contribution in [0.3, 0.4) is 0 Å². The average Bonchev–Trinajstić information content (AvgIpc) is 3.14. The van der Waals surface area contributed by atoms with Crippen LogP contribution in [0.15, 0.2) is 18.2 Å². The van der Waals surface area contributed by atoms with Crippen LogP contribution in [0, 0.1) is 17.8 Å². The van der Waals surface area contributed by atoms with Crippen molar-refractivity contribution in [3.8, 4) is 11.5 Å². The second kappa shape index (κ2) is 6.24. The lowest BCUT2D eigenvalue weighted by Gasteiger charge is -2.27. The lowest BCUT2D eigenvalue weighted by Crippen LogP contribution is -2.30. The van der Waals surface area contributed by atoms with Crippen molar-refractivity contribution in [3.63, 3.8) is 0 Å². The first-order valence-corrected chi connectivity index (χ1v) is 7.92. The van der Waals surface area contributed by atoms with E-state index in [4.69, 9.17) is 15.3 Å². The number of rotatable bonds is 6. The van der Waals surface area contributed by atoms with Gasteiger partial charge in [0.25, 0.3) is 0 Å². The summed E-state index contributed by atoms with van der Waals surface area (Å²) < 4.78 is 10.7. The predicted octanol–water partition coefficient (Wildman–Crippen LogP) is 3.03. The van der Waals surface area contributed by atoms with Gasteiger partial charge in [-0.25, -0.2) is 0 Å². The standard InChI is InChI=1S/C17H26N2O2/c1-20-15-7-14(8-16(10-15)21-2)17(19-18)9-13-6-11-3-4-12(13)5-11/h7-8,10-13,17,19H,3-6,9,18H2,1-2H3.